The summed E-state index contributed by atoms with van der Waals surface area (Å²) in [4.78, 5) is 0. The molecule has 0 fully saturated rings. The van der Waals surface area contributed by atoms with Gasteiger partial charge in [-0.15, -0.1) is 0 Å². The largest absolute Gasteiger partial charge is 0 e. The summed E-state index contributed by atoms with van der Waals surface area (Å²) >= 11 is 0. The third-order valence-electron chi connectivity index (χ3n) is 0. The molecule has 0 nitrogen and oxygen atoms in total. The molecule has 0 aliphatic heterocycles. The van der Waals surface area contributed by atoms with E-state index in [0.29, 0.717) is 0 Å². The van der Waals surface area contributed by atoms with Gasteiger partial charge in [0.2, 0.25) is 0 Å². The molecule has 0 atom stereocenters. The van der Waals surface area contributed by atoms with Gasteiger partial charge in [-0.1, -0.05) is 0 Å². The van der Waals surface area contributed by atoms with Gasteiger partial charge in [-0.2, -0.15) is 0 Å². The Morgan fingerprint density at radius 1 is 0.200 bits per heavy atom. The van der Waals surface area contributed by atoms with Crippen LogP contribution in [-0.2, 0) is 102 Å². The van der Waals surface area contributed by atoms with E-state index in [4.69, 9.17) is 0 Å². The molecule has 0 saturated heterocycles. The van der Waals surface area contributed by atoms with Crippen molar-refractivity contribution in [3.05, 3.63) is 0 Å². The van der Waals surface area contributed by atoms with Gasteiger partial charge in [-0.05, 0) is 0 Å². The molecular weight excluding hydrogens is 532 g/mol. The van der Waals surface area contributed by atoms with E-state index in [1.807, 2.05) is 0 Å². The Kier molecular flexibility index (Phi) is 215. The van der Waals surface area contributed by atoms with Gasteiger partial charge in [-0.25, -0.2) is 0 Å². The van der Waals surface area contributed by atoms with Crippen LogP contribution in [0.2, 0.25) is 0 Å². The predicted octanol–water partition coefficient (Wildman–Crippen LogP) is -0.0125. The summed E-state index contributed by atoms with van der Waals surface area (Å²) in [5.74, 6) is 0. The topological polar surface area (TPSA) is 0 Å². The van der Waals surface area contributed by atoms with Crippen molar-refractivity contribution in [2.45, 2.75) is 0 Å². The molecule has 0 aromatic rings. The van der Waals surface area contributed by atoms with Crippen LogP contribution in [-0.4, -0.2) is 0 Å². The maximum Gasteiger partial charge on any atom is 0 e. The van der Waals surface area contributed by atoms with Gasteiger partial charge in [-0.3, -0.25) is 0 Å². The minimum Gasteiger partial charge on any atom is 0 e. The van der Waals surface area contributed by atoms with E-state index in [1.165, 1.54) is 0 Å². The number of hydrogen-bond acceptors (Lipinski definition) is 0. The summed E-state index contributed by atoms with van der Waals surface area (Å²) in [6, 6.07) is 0. The first-order valence-electron chi connectivity index (χ1n) is 0. The third-order valence-corrected chi connectivity index (χ3v) is 0. The van der Waals surface area contributed by atoms with Crippen molar-refractivity contribution in [2.75, 3.05) is 0 Å². The quantitative estimate of drug-likeness (QED) is 0.386. The molecule has 0 amide bonds. The maximum absolute atomic E-state index is 0. The third kappa shape index (κ3) is 18.8. The van der Waals surface area contributed by atoms with E-state index >= 15 is 0 Å². The van der Waals surface area contributed by atoms with Gasteiger partial charge in [0.25, 0.3) is 0 Å². The second-order valence-corrected chi connectivity index (χ2v) is 0. The SMILES string of the molecule is [Pd].[Pd].[Pd].[Pd].[Pd]. The molecule has 0 saturated carbocycles. The predicted molar refractivity (Wildman–Crippen MR) is 0 cm³/mol. The Bertz CT molecular complexity index is 0. The Morgan fingerprint density at radius 3 is 0.200 bits per heavy atom. The first kappa shape index (κ1) is 40.5. The summed E-state index contributed by atoms with van der Waals surface area (Å²) in [7, 11) is 0. The van der Waals surface area contributed by atoms with E-state index in [1.54, 1.807) is 0 Å². The van der Waals surface area contributed by atoms with E-state index in [-0.39, 0.29) is 102 Å². The Morgan fingerprint density at radius 2 is 0.200 bits per heavy atom. The zero-order valence-electron chi connectivity index (χ0n) is 1.58. The van der Waals surface area contributed by atoms with E-state index in [2.05, 4.69) is 0 Å². The number of rotatable bonds is 0. The minimum atomic E-state index is 0. The van der Waals surface area contributed by atoms with Crippen molar-refractivity contribution in [3.8, 4) is 0 Å². The fourth-order valence-electron chi connectivity index (χ4n) is 0. The van der Waals surface area contributed by atoms with Crippen LogP contribution < -0.4 is 0 Å². The molecular formula is Pd5. The standard InChI is InChI=1S/5Pd. The summed E-state index contributed by atoms with van der Waals surface area (Å²) in [6.45, 7) is 0. The molecule has 0 heterocycles. The molecule has 0 bridgehead atoms. The van der Waals surface area contributed by atoms with Crippen molar-refractivity contribution in [1.82, 2.24) is 0 Å². The van der Waals surface area contributed by atoms with Crippen LogP contribution in [0.3, 0.4) is 0 Å². The first-order valence-corrected chi connectivity index (χ1v) is 0. The van der Waals surface area contributed by atoms with Gasteiger partial charge < -0.3 is 0 Å². The van der Waals surface area contributed by atoms with Crippen molar-refractivity contribution in [3.63, 3.8) is 0 Å². The van der Waals surface area contributed by atoms with Crippen LogP contribution in [0.25, 0.3) is 0 Å². The fourth-order valence-corrected chi connectivity index (χ4v) is 0. The van der Waals surface area contributed by atoms with Gasteiger partial charge in [0, 0.05) is 102 Å². The smallest absolute Gasteiger partial charge is 0 e. The molecule has 5 heteroatoms. The first-order chi connectivity index (χ1) is 0. The molecule has 0 aromatic heterocycles. The zero-order valence-corrected chi connectivity index (χ0v) is 9.35. The van der Waals surface area contributed by atoms with Crippen molar-refractivity contribution >= 4 is 0 Å². The van der Waals surface area contributed by atoms with Crippen LogP contribution in [0.1, 0.15) is 0 Å². The van der Waals surface area contributed by atoms with Crippen LogP contribution >= 0.6 is 0 Å². The van der Waals surface area contributed by atoms with E-state index in [0.717, 1.165) is 0 Å². The van der Waals surface area contributed by atoms with E-state index in [9.17, 15) is 0 Å². The molecule has 0 spiro atoms. The minimum absolute atomic E-state index is 0. The van der Waals surface area contributed by atoms with Gasteiger partial charge >= 0.3 is 0 Å². The van der Waals surface area contributed by atoms with Crippen molar-refractivity contribution in [1.29, 1.82) is 0 Å². The Balaban J connectivity index is 0. The molecule has 0 aliphatic carbocycles. The Hall–Kier alpha value is 3.31. The summed E-state index contributed by atoms with van der Waals surface area (Å²) in [6.07, 6.45) is 0. The Labute approximate surface area is 100 Å². The van der Waals surface area contributed by atoms with Crippen LogP contribution in [0.15, 0.2) is 0 Å². The van der Waals surface area contributed by atoms with Gasteiger partial charge in [0.05, 0.1) is 0 Å². The molecule has 0 N–H and O–H groups in total. The molecule has 5 heavy (non-hydrogen) atoms. The molecule has 0 radical (unpaired) electrons. The van der Waals surface area contributed by atoms with Crippen LogP contribution in [0.5, 0.6) is 0 Å². The van der Waals surface area contributed by atoms with Crippen LogP contribution in [0, 0.1) is 0 Å². The monoisotopic (exact) mass is 530 g/mol. The summed E-state index contributed by atoms with van der Waals surface area (Å²) < 4.78 is 0. The average molecular weight is 532 g/mol. The van der Waals surface area contributed by atoms with Gasteiger partial charge in [0.15, 0.2) is 0 Å². The maximum atomic E-state index is 0. The van der Waals surface area contributed by atoms with E-state index < -0.39 is 0 Å². The molecule has 0 unspecified atom stereocenters. The van der Waals surface area contributed by atoms with Crippen LogP contribution in [0.4, 0.5) is 0 Å². The average Bonchev–Trinajstić information content (AvgIpc) is 0. The molecule has 0 rings (SSSR count). The molecule has 50 valence electrons. The fraction of sp³-hybridized carbons (Fsp3) is 0. The normalized spacial score (nSPS) is 0. The van der Waals surface area contributed by atoms with Gasteiger partial charge in [0.1, 0.15) is 0 Å². The number of hydrogen-bond donors (Lipinski definition) is 0. The summed E-state index contributed by atoms with van der Waals surface area (Å²) in [5, 5.41) is 0. The molecule has 0 aliphatic rings. The second-order valence-electron chi connectivity index (χ2n) is 0. The zero-order chi connectivity index (χ0) is 0. The summed E-state index contributed by atoms with van der Waals surface area (Å²) in [5.41, 5.74) is 0. The second kappa shape index (κ2) is 26.6. The van der Waals surface area contributed by atoms with Crippen molar-refractivity contribution in [2.24, 2.45) is 0 Å². The van der Waals surface area contributed by atoms with Crippen molar-refractivity contribution < 1.29 is 102 Å². The molecule has 0 aromatic carbocycles.